The maximum absolute atomic E-state index is 12.9. The van der Waals surface area contributed by atoms with E-state index in [0.717, 1.165) is 22.3 Å². The lowest BCUT2D eigenvalue weighted by molar-refractivity contribution is 0.627. The third-order valence-corrected chi connectivity index (χ3v) is 3.48. The second-order valence-corrected chi connectivity index (χ2v) is 5.32. The second-order valence-electron chi connectivity index (χ2n) is 5.32. The first-order chi connectivity index (χ1) is 12.3. The molecule has 3 aromatic carbocycles. The van der Waals surface area contributed by atoms with Gasteiger partial charge in [-0.15, -0.1) is 0 Å². The van der Waals surface area contributed by atoms with Crippen molar-refractivity contribution in [3.63, 3.8) is 0 Å². The zero-order chi connectivity index (χ0) is 17.3. The molecule has 0 unspecified atom stereocenters. The van der Waals surface area contributed by atoms with Crippen LogP contribution < -0.4 is 0 Å². The van der Waals surface area contributed by atoms with Gasteiger partial charge in [-0.3, -0.25) is 0 Å². The van der Waals surface area contributed by atoms with Crippen LogP contribution in [0.3, 0.4) is 0 Å². The molecule has 0 radical (unpaired) electrons. The van der Waals surface area contributed by atoms with E-state index in [1.54, 1.807) is 18.2 Å². The Bertz CT molecular complexity index is 974. The molecule has 0 atom stereocenters. The van der Waals surface area contributed by atoms with E-state index in [9.17, 15) is 4.39 Å². The number of rotatable bonds is 1. The molecule has 0 aliphatic rings. The quantitative estimate of drug-likeness (QED) is 0.532. The van der Waals surface area contributed by atoms with Crippen LogP contribution in [0.1, 0.15) is 16.7 Å². The Morgan fingerprint density at radius 2 is 1.28 bits per heavy atom. The van der Waals surface area contributed by atoms with Crippen LogP contribution in [0.4, 0.5) is 4.39 Å². The van der Waals surface area contributed by atoms with Gasteiger partial charge in [0.05, 0.1) is 0 Å². The number of allylic oxidation sites excluding steroid dienone is 2. The maximum Gasteiger partial charge on any atom is 0.123 e. The van der Waals surface area contributed by atoms with Crippen LogP contribution in [0.25, 0.3) is 5.57 Å². The van der Waals surface area contributed by atoms with Gasteiger partial charge in [0.25, 0.3) is 0 Å². The highest BCUT2D eigenvalue weighted by atomic mass is 19.1. The lowest BCUT2D eigenvalue weighted by atomic mass is 10.1. The van der Waals surface area contributed by atoms with Gasteiger partial charge in [-0.2, -0.15) is 0 Å². The number of benzene rings is 3. The van der Waals surface area contributed by atoms with Gasteiger partial charge in [0.1, 0.15) is 5.82 Å². The molecular formula is C24H15F. The molecule has 118 valence electrons. The van der Waals surface area contributed by atoms with E-state index in [4.69, 9.17) is 0 Å². The van der Waals surface area contributed by atoms with Gasteiger partial charge in [-0.25, -0.2) is 4.39 Å². The normalized spacial score (nSPS) is 10.2. The fourth-order valence-corrected chi connectivity index (χ4v) is 2.20. The summed E-state index contributed by atoms with van der Waals surface area (Å²) in [6.45, 7) is 0. The van der Waals surface area contributed by atoms with E-state index in [0.29, 0.717) is 0 Å². The largest absolute Gasteiger partial charge is 0.207 e. The fraction of sp³-hybridized carbons (Fsp3) is 0. The van der Waals surface area contributed by atoms with Gasteiger partial charge >= 0.3 is 0 Å². The summed E-state index contributed by atoms with van der Waals surface area (Å²) in [6, 6.07) is 25.9. The summed E-state index contributed by atoms with van der Waals surface area (Å²) >= 11 is 0. The van der Waals surface area contributed by atoms with Gasteiger partial charge in [0, 0.05) is 22.8 Å². The van der Waals surface area contributed by atoms with E-state index in [1.165, 1.54) is 12.1 Å². The third-order valence-electron chi connectivity index (χ3n) is 3.48. The molecule has 0 N–H and O–H groups in total. The van der Waals surface area contributed by atoms with Crippen LogP contribution in [0.2, 0.25) is 0 Å². The summed E-state index contributed by atoms with van der Waals surface area (Å²) < 4.78 is 12.9. The summed E-state index contributed by atoms with van der Waals surface area (Å²) in [5, 5.41) is 0. The Hall–Kier alpha value is -3.55. The minimum absolute atomic E-state index is 0.264. The summed E-state index contributed by atoms with van der Waals surface area (Å²) in [5.74, 6) is 12.1. The van der Waals surface area contributed by atoms with Crippen molar-refractivity contribution in [2.24, 2.45) is 0 Å². The van der Waals surface area contributed by atoms with Crippen molar-refractivity contribution in [3.05, 3.63) is 114 Å². The van der Waals surface area contributed by atoms with Gasteiger partial charge in [-0.1, -0.05) is 72.2 Å². The molecular weight excluding hydrogens is 307 g/mol. The first-order valence-corrected chi connectivity index (χ1v) is 7.91. The van der Waals surface area contributed by atoms with Gasteiger partial charge in [-0.05, 0) is 42.0 Å². The summed E-state index contributed by atoms with van der Waals surface area (Å²) in [7, 11) is 0. The molecule has 0 spiro atoms. The molecule has 0 aromatic heterocycles. The van der Waals surface area contributed by atoms with E-state index in [2.05, 4.69) is 23.7 Å². The Balaban J connectivity index is 1.92. The van der Waals surface area contributed by atoms with Crippen LogP contribution in [0.15, 0.2) is 91.0 Å². The lowest BCUT2D eigenvalue weighted by Crippen LogP contribution is -1.81. The zero-order valence-corrected chi connectivity index (χ0v) is 13.5. The minimum Gasteiger partial charge on any atom is -0.207 e. The van der Waals surface area contributed by atoms with Gasteiger partial charge < -0.3 is 0 Å². The van der Waals surface area contributed by atoms with Crippen molar-refractivity contribution in [2.75, 3.05) is 0 Å². The predicted molar refractivity (Wildman–Crippen MR) is 101 cm³/mol. The summed E-state index contributed by atoms with van der Waals surface area (Å²) in [5.41, 5.74) is 3.58. The third kappa shape index (κ3) is 4.96. The standard InChI is InChI=1S/C24H15F/c25-24-18-15-21(16-19-24)10-7-13-23(22-11-5-2-6-12-22)17-14-20-8-3-1-4-9-20/h1-6,8-9,11-13,15-16,18-19H/b23-13+. The molecule has 0 amide bonds. The molecule has 0 bridgehead atoms. The summed E-state index contributed by atoms with van der Waals surface area (Å²) in [4.78, 5) is 0. The van der Waals surface area contributed by atoms with E-state index >= 15 is 0 Å². The van der Waals surface area contributed by atoms with Crippen molar-refractivity contribution in [1.29, 1.82) is 0 Å². The van der Waals surface area contributed by atoms with Crippen molar-refractivity contribution in [1.82, 2.24) is 0 Å². The molecule has 1 heteroatoms. The number of hydrogen-bond donors (Lipinski definition) is 0. The lowest BCUT2D eigenvalue weighted by Gasteiger charge is -1.98. The number of halogens is 1. The average molecular weight is 322 g/mol. The van der Waals surface area contributed by atoms with Crippen molar-refractivity contribution in [2.45, 2.75) is 0 Å². The Kier molecular flexibility index (Phi) is 5.44. The van der Waals surface area contributed by atoms with Crippen molar-refractivity contribution in [3.8, 4) is 23.7 Å². The molecule has 3 rings (SSSR count). The minimum atomic E-state index is -0.264. The fourth-order valence-electron chi connectivity index (χ4n) is 2.20. The first kappa shape index (κ1) is 16.3. The second kappa shape index (κ2) is 8.34. The van der Waals surface area contributed by atoms with Crippen molar-refractivity contribution < 1.29 is 4.39 Å². The van der Waals surface area contributed by atoms with Crippen LogP contribution in [0.5, 0.6) is 0 Å². The molecule has 0 fully saturated rings. The summed E-state index contributed by atoms with van der Waals surface area (Å²) in [6.07, 6.45) is 1.80. The highest BCUT2D eigenvalue weighted by molar-refractivity contribution is 5.81. The monoisotopic (exact) mass is 322 g/mol. The van der Waals surface area contributed by atoms with Crippen LogP contribution in [0, 0.1) is 29.5 Å². The Morgan fingerprint density at radius 1 is 0.680 bits per heavy atom. The topological polar surface area (TPSA) is 0 Å². The first-order valence-electron chi connectivity index (χ1n) is 7.91. The molecule has 0 saturated carbocycles. The zero-order valence-electron chi connectivity index (χ0n) is 13.5. The van der Waals surface area contributed by atoms with Gasteiger partial charge in [0.2, 0.25) is 0 Å². The molecule has 0 aliphatic carbocycles. The highest BCUT2D eigenvalue weighted by Crippen LogP contribution is 2.13. The SMILES string of the molecule is Fc1ccc(C#C/C=C(\C#Cc2ccccc2)c2ccccc2)cc1. The molecule has 25 heavy (non-hydrogen) atoms. The van der Waals surface area contributed by atoms with Gasteiger partial charge in [0.15, 0.2) is 0 Å². The predicted octanol–water partition coefficient (Wildman–Crippen LogP) is 5.31. The Labute approximate surface area is 147 Å². The number of hydrogen-bond acceptors (Lipinski definition) is 0. The van der Waals surface area contributed by atoms with Crippen molar-refractivity contribution >= 4 is 5.57 Å². The van der Waals surface area contributed by atoms with E-state index in [1.807, 2.05) is 60.7 Å². The molecule has 0 aliphatic heterocycles. The van der Waals surface area contributed by atoms with Crippen LogP contribution >= 0.6 is 0 Å². The molecule has 3 aromatic rings. The smallest absolute Gasteiger partial charge is 0.123 e. The maximum atomic E-state index is 12.9. The molecule has 0 nitrogen and oxygen atoms in total. The van der Waals surface area contributed by atoms with Crippen LogP contribution in [-0.4, -0.2) is 0 Å². The molecule has 0 saturated heterocycles. The van der Waals surface area contributed by atoms with E-state index < -0.39 is 0 Å². The van der Waals surface area contributed by atoms with Crippen LogP contribution in [-0.2, 0) is 0 Å². The average Bonchev–Trinajstić information content (AvgIpc) is 2.67. The Morgan fingerprint density at radius 3 is 1.96 bits per heavy atom. The van der Waals surface area contributed by atoms with E-state index in [-0.39, 0.29) is 5.82 Å². The highest BCUT2D eigenvalue weighted by Gasteiger charge is 1.96. The molecule has 0 heterocycles.